The van der Waals surface area contributed by atoms with Gasteiger partial charge in [-0.2, -0.15) is 11.3 Å². The van der Waals surface area contributed by atoms with Crippen molar-refractivity contribution in [1.29, 1.82) is 0 Å². The third kappa shape index (κ3) is 5.41. The minimum absolute atomic E-state index is 0.291. The molecule has 0 aliphatic carbocycles. The van der Waals surface area contributed by atoms with Gasteiger partial charge in [-0.25, -0.2) is 4.79 Å². The zero-order valence-corrected chi connectivity index (χ0v) is 14.2. The molecule has 0 aliphatic heterocycles. The molecule has 0 aliphatic rings. The summed E-state index contributed by atoms with van der Waals surface area (Å²) in [5, 5.41) is 10.7. The van der Waals surface area contributed by atoms with Gasteiger partial charge in [0.15, 0.2) is 5.96 Å². The molecule has 2 N–H and O–H groups in total. The molecule has 0 fully saturated rings. The van der Waals surface area contributed by atoms with Crippen LogP contribution in [0.15, 0.2) is 46.1 Å². The summed E-state index contributed by atoms with van der Waals surface area (Å²) in [5.41, 5.74) is 2.86. The Bertz CT molecular complexity index is 636. The fourth-order valence-corrected chi connectivity index (χ4v) is 2.63. The van der Waals surface area contributed by atoms with Gasteiger partial charge in [-0.3, -0.25) is 4.99 Å². The number of rotatable bonds is 6. The van der Waals surface area contributed by atoms with E-state index in [0.717, 1.165) is 18.1 Å². The minimum Gasteiger partial charge on any atom is -0.462 e. The van der Waals surface area contributed by atoms with Crippen molar-refractivity contribution in [2.24, 2.45) is 4.99 Å². The normalized spacial score (nSPS) is 11.1. The van der Waals surface area contributed by atoms with E-state index in [1.165, 1.54) is 5.56 Å². The third-order valence-electron chi connectivity index (χ3n) is 3.19. The van der Waals surface area contributed by atoms with Gasteiger partial charge < -0.3 is 15.4 Å². The van der Waals surface area contributed by atoms with E-state index in [-0.39, 0.29) is 5.97 Å². The minimum atomic E-state index is -0.291. The van der Waals surface area contributed by atoms with Crippen molar-refractivity contribution >= 4 is 23.3 Å². The molecule has 0 saturated heterocycles. The molecular formula is C17H21N3O2S. The van der Waals surface area contributed by atoms with Crippen LogP contribution in [-0.2, 0) is 17.8 Å². The van der Waals surface area contributed by atoms with E-state index in [1.807, 2.05) is 12.1 Å². The van der Waals surface area contributed by atoms with Crippen LogP contribution in [0.5, 0.6) is 0 Å². The number of ether oxygens (including phenoxy) is 1. The molecule has 0 bridgehead atoms. The first kappa shape index (κ1) is 17.0. The summed E-state index contributed by atoms with van der Waals surface area (Å²) in [5.74, 6) is 0.450. The zero-order chi connectivity index (χ0) is 16.5. The maximum absolute atomic E-state index is 11.6. The van der Waals surface area contributed by atoms with Crippen LogP contribution < -0.4 is 10.6 Å². The van der Waals surface area contributed by atoms with E-state index in [9.17, 15) is 4.79 Å². The fourth-order valence-electron chi connectivity index (χ4n) is 1.96. The molecule has 2 aromatic rings. The lowest BCUT2D eigenvalue weighted by molar-refractivity contribution is 0.0526. The van der Waals surface area contributed by atoms with Crippen LogP contribution >= 0.6 is 11.3 Å². The lowest BCUT2D eigenvalue weighted by Gasteiger charge is -2.11. The maximum Gasteiger partial charge on any atom is 0.338 e. The van der Waals surface area contributed by atoms with Crippen LogP contribution in [-0.4, -0.2) is 25.6 Å². The number of nitrogens with one attached hydrogen (secondary N) is 2. The highest BCUT2D eigenvalue weighted by Gasteiger charge is 2.06. The van der Waals surface area contributed by atoms with Crippen molar-refractivity contribution in [3.63, 3.8) is 0 Å². The summed E-state index contributed by atoms with van der Waals surface area (Å²) < 4.78 is 4.97. The second kappa shape index (κ2) is 8.95. The topological polar surface area (TPSA) is 62.7 Å². The SMILES string of the molecule is CCOC(=O)c1ccc(CNC(=NC)NCc2ccsc2)cc1. The van der Waals surface area contributed by atoms with E-state index in [1.54, 1.807) is 37.4 Å². The molecular weight excluding hydrogens is 310 g/mol. The molecule has 23 heavy (non-hydrogen) atoms. The predicted octanol–water partition coefficient (Wildman–Crippen LogP) is 2.79. The quantitative estimate of drug-likeness (QED) is 0.485. The number of thiophene rings is 1. The molecule has 1 heterocycles. The van der Waals surface area contributed by atoms with Gasteiger partial charge in [0.1, 0.15) is 0 Å². The predicted molar refractivity (Wildman–Crippen MR) is 93.8 cm³/mol. The Balaban J connectivity index is 1.82. The molecule has 0 spiro atoms. The van der Waals surface area contributed by atoms with Crippen LogP contribution in [0.1, 0.15) is 28.4 Å². The first-order chi connectivity index (χ1) is 11.2. The standard InChI is InChI=1S/C17H21N3O2S/c1-3-22-16(21)15-6-4-13(5-7-15)10-19-17(18-2)20-11-14-8-9-23-12-14/h4-9,12H,3,10-11H2,1-2H3,(H2,18,19,20). The van der Waals surface area contributed by atoms with Crippen molar-refractivity contribution in [2.75, 3.05) is 13.7 Å². The highest BCUT2D eigenvalue weighted by molar-refractivity contribution is 7.07. The molecule has 5 nitrogen and oxygen atoms in total. The molecule has 1 aromatic carbocycles. The van der Waals surface area contributed by atoms with E-state index < -0.39 is 0 Å². The largest absolute Gasteiger partial charge is 0.462 e. The summed E-state index contributed by atoms with van der Waals surface area (Å²) in [6, 6.07) is 9.45. The number of carbonyl (C=O) groups excluding carboxylic acids is 1. The molecule has 0 radical (unpaired) electrons. The zero-order valence-electron chi connectivity index (χ0n) is 13.3. The third-order valence-corrected chi connectivity index (χ3v) is 3.92. The van der Waals surface area contributed by atoms with Crippen molar-refractivity contribution in [3.05, 3.63) is 57.8 Å². The number of carbonyl (C=O) groups is 1. The lowest BCUT2D eigenvalue weighted by Crippen LogP contribution is -2.36. The van der Waals surface area contributed by atoms with Crippen molar-refractivity contribution < 1.29 is 9.53 Å². The fraction of sp³-hybridized carbons (Fsp3) is 0.294. The van der Waals surface area contributed by atoms with Crippen molar-refractivity contribution in [1.82, 2.24) is 10.6 Å². The summed E-state index contributed by atoms with van der Waals surface area (Å²) in [4.78, 5) is 15.8. The van der Waals surface area contributed by atoms with E-state index in [4.69, 9.17) is 4.74 Å². The van der Waals surface area contributed by atoms with E-state index >= 15 is 0 Å². The van der Waals surface area contributed by atoms with E-state index in [2.05, 4.69) is 32.5 Å². The summed E-state index contributed by atoms with van der Waals surface area (Å²) >= 11 is 1.68. The van der Waals surface area contributed by atoms with Gasteiger partial charge in [-0.15, -0.1) is 0 Å². The lowest BCUT2D eigenvalue weighted by atomic mass is 10.1. The summed E-state index contributed by atoms with van der Waals surface area (Å²) in [6.45, 7) is 3.55. The molecule has 6 heteroatoms. The van der Waals surface area contributed by atoms with Gasteiger partial charge in [0, 0.05) is 20.1 Å². The van der Waals surface area contributed by atoms with Gasteiger partial charge in [-0.05, 0) is 47.0 Å². The number of benzene rings is 1. The Morgan fingerprint density at radius 1 is 1.13 bits per heavy atom. The van der Waals surface area contributed by atoms with Gasteiger partial charge in [-0.1, -0.05) is 12.1 Å². The number of hydrogen-bond donors (Lipinski definition) is 2. The van der Waals surface area contributed by atoms with Crippen LogP contribution in [0.3, 0.4) is 0 Å². The summed E-state index contributed by atoms with van der Waals surface area (Å²) in [7, 11) is 1.74. The Hall–Kier alpha value is -2.34. The molecule has 1 aromatic heterocycles. The monoisotopic (exact) mass is 331 g/mol. The molecule has 0 unspecified atom stereocenters. The molecule has 0 saturated carbocycles. The van der Waals surface area contributed by atoms with Gasteiger partial charge >= 0.3 is 5.97 Å². The maximum atomic E-state index is 11.6. The first-order valence-corrected chi connectivity index (χ1v) is 8.39. The van der Waals surface area contributed by atoms with Gasteiger partial charge in [0.05, 0.1) is 12.2 Å². The second-order valence-electron chi connectivity index (χ2n) is 4.83. The highest BCUT2D eigenvalue weighted by Crippen LogP contribution is 2.07. The van der Waals surface area contributed by atoms with Crippen LogP contribution in [0.2, 0.25) is 0 Å². The van der Waals surface area contributed by atoms with E-state index in [0.29, 0.717) is 18.7 Å². The Morgan fingerprint density at radius 2 is 1.83 bits per heavy atom. The van der Waals surface area contributed by atoms with Crippen LogP contribution in [0.25, 0.3) is 0 Å². The smallest absolute Gasteiger partial charge is 0.338 e. The number of hydrogen-bond acceptors (Lipinski definition) is 4. The van der Waals surface area contributed by atoms with Gasteiger partial charge in [0.2, 0.25) is 0 Å². The molecule has 0 amide bonds. The van der Waals surface area contributed by atoms with Gasteiger partial charge in [0.25, 0.3) is 0 Å². The van der Waals surface area contributed by atoms with Crippen LogP contribution in [0, 0.1) is 0 Å². The molecule has 122 valence electrons. The Morgan fingerprint density at radius 3 is 2.39 bits per heavy atom. The molecule has 2 rings (SSSR count). The molecule has 0 atom stereocenters. The van der Waals surface area contributed by atoms with Crippen molar-refractivity contribution in [2.45, 2.75) is 20.0 Å². The Labute approximate surface area is 140 Å². The summed E-state index contributed by atoms with van der Waals surface area (Å²) in [6.07, 6.45) is 0. The average molecular weight is 331 g/mol. The first-order valence-electron chi connectivity index (χ1n) is 7.44. The second-order valence-corrected chi connectivity index (χ2v) is 5.61. The average Bonchev–Trinajstić information content (AvgIpc) is 3.09. The number of aliphatic imine (C=N–C) groups is 1. The number of esters is 1. The van der Waals surface area contributed by atoms with Crippen LogP contribution in [0.4, 0.5) is 0 Å². The highest BCUT2D eigenvalue weighted by atomic mass is 32.1. The number of nitrogens with zero attached hydrogens (tertiary/aromatic N) is 1. The van der Waals surface area contributed by atoms with Crippen molar-refractivity contribution in [3.8, 4) is 0 Å². The number of guanidine groups is 1. The Kier molecular flexibility index (Phi) is 6.62.